The lowest BCUT2D eigenvalue weighted by Gasteiger charge is -1.93. The average Bonchev–Trinajstić information content (AvgIpc) is 2.60. The highest BCUT2D eigenvalue weighted by molar-refractivity contribution is 6.00. The number of hydrogen-bond donors (Lipinski definition) is 1. The normalized spacial score (nSPS) is 10.2. The molecule has 2 aromatic heterocycles. The summed E-state index contributed by atoms with van der Waals surface area (Å²) in [4.78, 5) is 15.1. The van der Waals surface area contributed by atoms with Gasteiger partial charge in [0.2, 0.25) is 0 Å². The number of H-pyrrole nitrogens is 1. The minimum Gasteiger partial charge on any atom is -0.464 e. The van der Waals surface area contributed by atoms with Gasteiger partial charge in [0, 0.05) is 6.20 Å². The zero-order valence-electron chi connectivity index (χ0n) is 6.94. The molecule has 0 atom stereocenters. The molecule has 2 rings (SSSR count). The number of pyridine rings is 1. The first-order chi connectivity index (χ1) is 6.33. The summed E-state index contributed by atoms with van der Waals surface area (Å²) >= 11 is 0. The SMILES string of the molecule is COC(=O)c1[nH]nc2ncccc12. The molecule has 0 aliphatic heterocycles. The lowest BCUT2D eigenvalue weighted by molar-refractivity contribution is 0.0596. The molecule has 0 saturated heterocycles. The van der Waals surface area contributed by atoms with Crippen LogP contribution in [-0.2, 0) is 4.74 Å². The fourth-order valence-corrected chi connectivity index (χ4v) is 1.11. The standard InChI is InChI=1S/C8H7N3O2/c1-13-8(12)6-5-3-2-4-9-7(5)11-10-6/h2-4H,1H3,(H,9,10,11). The summed E-state index contributed by atoms with van der Waals surface area (Å²) in [7, 11) is 1.32. The Kier molecular flexibility index (Phi) is 1.70. The third kappa shape index (κ3) is 1.14. The van der Waals surface area contributed by atoms with E-state index < -0.39 is 5.97 Å². The second kappa shape index (κ2) is 2.85. The molecular formula is C8H7N3O2. The van der Waals surface area contributed by atoms with Crippen LogP contribution in [0.4, 0.5) is 0 Å². The smallest absolute Gasteiger partial charge is 0.356 e. The van der Waals surface area contributed by atoms with Crippen molar-refractivity contribution in [2.75, 3.05) is 7.11 Å². The van der Waals surface area contributed by atoms with Gasteiger partial charge in [0.15, 0.2) is 11.3 Å². The van der Waals surface area contributed by atoms with Crippen molar-refractivity contribution in [3.8, 4) is 0 Å². The Morgan fingerprint density at radius 3 is 3.23 bits per heavy atom. The fraction of sp³-hybridized carbons (Fsp3) is 0.125. The Morgan fingerprint density at radius 2 is 2.46 bits per heavy atom. The molecule has 0 spiro atoms. The van der Waals surface area contributed by atoms with Crippen LogP contribution in [0, 0.1) is 0 Å². The first kappa shape index (κ1) is 7.72. The maximum absolute atomic E-state index is 11.2. The minimum atomic E-state index is -0.435. The van der Waals surface area contributed by atoms with Gasteiger partial charge in [-0.1, -0.05) is 0 Å². The van der Waals surface area contributed by atoms with Crippen molar-refractivity contribution < 1.29 is 9.53 Å². The Labute approximate surface area is 73.7 Å². The van der Waals surface area contributed by atoms with Crippen molar-refractivity contribution in [2.24, 2.45) is 0 Å². The van der Waals surface area contributed by atoms with Crippen molar-refractivity contribution in [1.82, 2.24) is 15.2 Å². The van der Waals surface area contributed by atoms with Gasteiger partial charge in [0.1, 0.15) is 0 Å². The number of nitrogens with zero attached hydrogens (tertiary/aromatic N) is 2. The number of nitrogens with one attached hydrogen (secondary N) is 1. The first-order valence-corrected chi connectivity index (χ1v) is 3.70. The van der Waals surface area contributed by atoms with Crippen molar-refractivity contribution in [1.29, 1.82) is 0 Å². The largest absolute Gasteiger partial charge is 0.464 e. The van der Waals surface area contributed by atoms with E-state index in [1.165, 1.54) is 7.11 Å². The van der Waals surface area contributed by atoms with Gasteiger partial charge in [-0.05, 0) is 12.1 Å². The number of carbonyl (C=O) groups excluding carboxylic acids is 1. The Bertz CT molecular complexity index is 449. The highest BCUT2D eigenvalue weighted by Crippen LogP contribution is 2.12. The molecule has 13 heavy (non-hydrogen) atoms. The molecule has 5 nitrogen and oxygen atoms in total. The number of aromatic amines is 1. The molecule has 0 bridgehead atoms. The molecule has 5 heteroatoms. The summed E-state index contributed by atoms with van der Waals surface area (Å²) in [6.45, 7) is 0. The van der Waals surface area contributed by atoms with Gasteiger partial charge in [-0.25, -0.2) is 9.78 Å². The summed E-state index contributed by atoms with van der Waals surface area (Å²) in [5, 5.41) is 7.10. The van der Waals surface area contributed by atoms with Crippen LogP contribution in [0.5, 0.6) is 0 Å². The zero-order valence-corrected chi connectivity index (χ0v) is 6.94. The number of aromatic nitrogens is 3. The van der Waals surface area contributed by atoms with E-state index in [0.717, 1.165) is 0 Å². The van der Waals surface area contributed by atoms with E-state index in [0.29, 0.717) is 16.7 Å². The van der Waals surface area contributed by atoms with E-state index >= 15 is 0 Å². The number of fused-ring (bicyclic) bond motifs is 1. The van der Waals surface area contributed by atoms with Gasteiger partial charge in [0.25, 0.3) is 0 Å². The molecule has 66 valence electrons. The number of carbonyl (C=O) groups is 1. The molecule has 0 fully saturated rings. The van der Waals surface area contributed by atoms with Crippen LogP contribution >= 0.6 is 0 Å². The highest BCUT2D eigenvalue weighted by atomic mass is 16.5. The molecule has 1 N–H and O–H groups in total. The summed E-state index contributed by atoms with van der Waals surface area (Å²) in [6.07, 6.45) is 1.62. The molecule has 0 saturated carbocycles. The Balaban J connectivity index is 2.64. The second-order valence-corrected chi connectivity index (χ2v) is 2.46. The van der Waals surface area contributed by atoms with Gasteiger partial charge in [0.05, 0.1) is 12.5 Å². The second-order valence-electron chi connectivity index (χ2n) is 2.46. The fourth-order valence-electron chi connectivity index (χ4n) is 1.11. The van der Waals surface area contributed by atoms with Crippen LogP contribution in [0.15, 0.2) is 18.3 Å². The minimum absolute atomic E-state index is 0.339. The quantitative estimate of drug-likeness (QED) is 0.652. The average molecular weight is 177 g/mol. The molecule has 0 aliphatic rings. The van der Waals surface area contributed by atoms with E-state index in [4.69, 9.17) is 0 Å². The maximum atomic E-state index is 11.2. The molecule has 0 radical (unpaired) electrons. The first-order valence-electron chi connectivity index (χ1n) is 3.70. The third-order valence-corrected chi connectivity index (χ3v) is 1.72. The number of ether oxygens (including phenoxy) is 1. The van der Waals surface area contributed by atoms with Crippen LogP contribution in [0.25, 0.3) is 11.0 Å². The van der Waals surface area contributed by atoms with E-state index in [9.17, 15) is 4.79 Å². The van der Waals surface area contributed by atoms with E-state index in [1.807, 2.05) is 0 Å². The molecule has 2 aromatic rings. The van der Waals surface area contributed by atoms with Crippen molar-refractivity contribution in [3.05, 3.63) is 24.0 Å². The molecule has 2 heterocycles. The van der Waals surface area contributed by atoms with Crippen LogP contribution in [0.2, 0.25) is 0 Å². The number of rotatable bonds is 1. The lowest BCUT2D eigenvalue weighted by Crippen LogP contribution is -2.01. The van der Waals surface area contributed by atoms with E-state index in [-0.39, 0.29) is 0 Å². The van der Waals surface area contributed by atoms with Gasteiger partial charge in [-0.2, -0.15) is 5.10 Å². The van der Waals surface area contributed by atoms with Gasteiger partial charge in [-0.15, -0.1) is 0 Å². The molecule has 0 aliphatic carbocycles. The number of methoxy groups -OCH3 is 1. The number of esters is 1. The van der Waals surface area contributed by atoms with Crippen LogP contribution in [0.1, 0.15) is 10.5 Å². The van der Waals surface area contributed by atoms with Gasteiger partial charge in [-0.3, -0.25) is 5.10 Å². The van der Waals surface area contributed by atoms with Crippen molar-refractivity contribution in [2.45, 2.75) is 0 Å². The van der Waals surface area contributed by atoms with Crippen molar-refractivity contribution >= 4 is 17.0 Å². The monoisotopic (exact) mass is 177 g/mol. The summed E-state index contributed by atoms with van der Waals surface area (Å²) in [6, 6.07) is 3.50. The van der Waals surface area contributed by atoms with Crippen molar-refractivity contribution in [3.63, 3.8) is 0 Å². The van der Waals surface area contributed by atoms with Crippen LogP contribution in [-0.4, -0.2) is 28.3 Å². The van der Waals surface area contributed by atoms with Gasteiger partial charge >= 0.3 is 5.97 Å². The molecule has 0 unspecified atom stereocenters. The lowest BCUT2D eigenvalue weighted by atomic mass is 10.3. The summed E-state index contributed by atoms with van der Waals surface area (Å²) < 4.78 is 4.56. The Morgan fingerprint density at radius 1 is 1.62 bits per heavy atom. The topological polar surface area (TPSA) is 67.9 Å². The van der Waals surface area contributed by atoms with E-state index in [2.05, 4.69) is 19.9 Å². The third-order valence-electron chi connectivity index (χ3n) is 1.72. The van der Waals surface area contributed by atoms with Crippen LogP contribution in [0.3, 0.4) is 0 Å². The Hall–Kier alpha value is -1.91. The summed E-state index contributed by atoms with van der Waals surface area (Å²) in [5.74, 6) is -0.435. The highest BCUT2D eigenvalue weighted by Gasteiger charge is 2.13. The van der Waals surface area contributed by atoms with Crippen LogP contribution < -0.4 is 0 Å². The predicted molar refractivity (Wildman–Crippen MR) is 45.2 cm³/mol. The zero-order chi connectivity index (χ0) is 9.26. The van der Waals surface area contributed by atoms with Gasteiger partial charge < -0.3 is 4.74 Å². The number of hydrogen-bond acceptors (Lipinski definition) is 4. The molecular weight excluding hydrogens is 170 g/mol. The van der Waals surface area contributed by atoms with E-state index in [1.54, 1.807) is 18.3 Å². The molecule has 0 aromatic carbocycles. The molecule has 0 amide bonds. The predicted octanol–water partition coefficient (Wildman–Crippen LogP) is 0.744. The summed E-state index contributed by atoms with van der Waals surface area (Å²) in [5.41, 5.74) is 0.855. The maximum Gasteiger partial charge on any atom is 0.356 e.